The zero-order chi connectivity index (χ0) is 9.84. The fraction of sp³-hybridized carbons (Fsp3) is 0.273. The molecule has 13 heavy (non-hydrogen) atoms. The standard InChI is InChI=1S/C11H12ClN/c1-8-7-11(12)9(2)6-10(8)4-3-5-13/h6-7H,5,13H2,1-2H3. The average Bonchev–Trinajstić information content (AvgIpc) is 2.09. The Balaban J connectivity index is 3.16. The molecule has 0 radical (unpaired) electrons. The summed E-state index contributed by atoms with van der Waals surface area (Å²) >= 11 is 5.95. The fourth-order valence-electron chi connectivity index (χ4n) is 1.06. The molecule has 0 aliphatic heterocycles. The van der Waals surface area contributed by atoms with E-state index in [1.54, 1.807) is 0 Å². The van der Waals surface area contributed by atoms with Gasteiger partial charge >= 0.3 is 0 Å². The molecule has 0 atom stereocenters. The van der Waals surface area contributed by atoms with Gasteiger partial charge in [0.1, 0.15) is 0 Å². The van der Waals surface area contributed by atoms with E-state index in [4.69, 9.17) is 17.3 Å². The monoisotopic (exact) mass is 193 g/mol. The van der Waals surface area contributed by atoms with Crippen molar-refractivity contribution in [1.82, 2.24) is 0 Å². The highest BCUT2D eigenvalue weighted by atomic mass is 35.5. The van der Waals surface area contributed by atoms with Gasteiger partial charge in [0.15, 0.2) is 0 Å². The van der Waals surface area contributed by atoms with E-state index in [9.17, 15) is 0 Å². The molecular weight excluding hydrogens is 182 g/mol. The molecule has 0 aromatic heterocycles. The van der Waals surface area contributed by atoms with E-state index < -0.39 is 0 Å². The largest absolute Gasteiger partial charge is 0.320 e. The molecule has 0 heterocycles. The fourth-order valence-corrected chi connectivity index (χ4v) is 1.28. The summed E-state index contributed by atoms with van der Waals surface area (Å²) in [5, 5.41) is 0.788. The minimum absolute atomic E-state index is 0.390. The van der Waals surface area contributed by atoms with Crippen molar-refractivity contribution in [2.75, 3.05) is 6.54 Å². The maximum Gasteiger partial charge on any atom is 0.0555 e. The number of halogens is 1. The lowest BCUT2D eigenvalue weighted by Crippen LogP contribution is -1.93. The number of aryl methyl sites for hydroxylation is 2. The summed E-state index contributed by atoms with van der Waals surface area (Å²) in [4.78, 5) is 0. The van der Waals surface area contributed by atoms with Crippen molar-refractivity contribution >= 4 is 11.6 Å². The summed E-state index contributed by atoms with van der Waals surface area (Å²) in [7, 11) is 0. The quantitative estimate of drug-likeness (QED) is 0.629. The van der Waals surface area contributed by atoms with Crippen molar-refractivity contribution in [1.29, 1.82) is 0 Å². The Bertz CT molecular complexity index is 372. The van der Waals surface area contributed by atoms with Gasteiger partial charge in [-0.3, -0.25) is 0 Å². The van der Waals surface area contributed by atoms with Crippen molar-refractivity contribution in [3.63, 3.8) is 0 Å². The maximum absolute atomic E-state index is 5.95. The number of hydrogen-bond acceptors (Lipinski definition) is 1. The second-order valence-electron chi connectivity index (χ2n) is 2.92. The number of benzene rings is 1. The predicted octanol–water partition coefficient (Wildman–Crippen LogP) is 2.27. The first-order valence-corrected chi connectivity index (χ1v) is 4.48. The van der Waals surface area contributed by atoms with Crippen molar-refractivity contribution in [2.45, 2.75) is 13.8 Å². The lowest BCUT2D eigenvalue weighted by molar-refractivity contribution is 1.30. The van der Waals surface area contributed by atoms with Gasteiger partial charge in [-0.25, -0.2) is 0 Å². The molecule has 1 nitrogen and oxygen atoms in total. The molecule has 0 bridgehead atoms. The summed E-state index contributed by atoms with van der Waals surface area (Å²) in [6.07, 6.45) is 0. The van der Waals surface area contributed by atoms with E-state index in [1.807, 2.05) is 26.0 Å². The number of rotatable bonds is 0. The Kier molecular flexibility index (Phi) is 3.36. The van der Waals surface area contributed by atoms with Crippen molar-refractivity contribution < 1.29 is 0 Å². The molecule has 0 saturated heterocycles. The van der Waals surface area contributed by atoms with Crippen LogP contribution in [0, 0.1) is 25.7 Å². The third kappa shape index (κ3) is 2.48. The van der Waals surface area contributed by atoms with E-state index in [0.29, 0.717) is 6.54 Å². The average molecular weight is 194 g/mol. The second-order valence-corrected chi connectivity index (χ2v) is 3.33. The van der Waals surface area contributed by atoms with Gasteiger partial charge in [-0.05, 0) is 37.1 Å². The summed E-state index contributed by atoms with van der Waals surface area (Å²) in [6.45, 7) is 4.35. The van der Waals surface area contributed by atoms with Gasteiger partial charge < -0.3 is 5.73 Å². The summed E-state index contributed by atoms with van der Waals surface area (Å²) < 4.78 is 0. The SMILES string of the molecule is Cc1cc(C#CCN)c(C)cc1Cl. The molecule has 1 rings (SSSR count). The van der Waals surface area contributed by atoms with Gasteiger partial charge in [-0.1, -0.05) is 23.4 Å². The lowest BCUT2D eigenvalue weighted by Gasteiger charge is -2.02. The Hall–Kier alpha value is -0.970. The van der Waals surface area contributed by atoms with E-state index in [0.717, 1.165) is 21.7 Å². The Morgan fingerprint density at radius 3 is 2.62 bits per heavy atom. The minimum Gasteiger partial charge on any atom is -0.320 e. The van der Waals surface area contributed by atoms with Crippen LogP contribution < -0.4 is 5.73 Å². The normalized spacial score (nSPS) is 9.23. The third-order valence-electron chi connectivity index (χ3n) is 1.83. The Morgan fingerprint density at radius 2 is 2.00 bits per heavy atom. The van der Waals surface area contributed by atoms with Gasteiger partial charge in [-0.2, -0.15) is 0 Å². The molecule has 1 aromatic carbocycles. The molecule has 0 spiro atoms. The molecular formula is C11H12ClN. The first-order valence-electron chi connectivity index (χ1n) is 4.11. The van der Waals surface area contributed by atoms with Crippen LogP contribution in [0.3, 0.4) is 0 Å². The van der Waals surface area contributed by atoms with Crippen LogP contribution >= 0.6 is 11.6 Å². The van der Waals surface area contributed by atoms with Gasteiger partial charge in [0.2, 0.25) is 0 Å². The van der Waals surface area contributed by atoms with Crippen LogP contribution in [0.5, 0.6) is 0 Å². The second kappa shape index (κ2) is 4.32. The zero-order valence-corrected chi connectivity index (χ0v) is 8.57. The molecule has 68 valence electrons. The minimum atomic E-state index is 0.390. The molecule has 1 aromatic rings. The van der Waals surface area contributed by atoms with Crippen LogP contribution in [0.1, 0.15) is 16.7 Å². The van der Waals surface area contributed by atoms with Crippen molar-refractivity contribution in [3.8, 4) is 11.8 Å². The van der Waals surface area contributed by atoms with E-state index in [1.165, 1.54) is 0 Å². The number of nitrogens with two attached hydrogens (primary N) is 1. The van der Waals surface area contributed by atoms with Crippen LogP contribution in [-0.4, -0.2) is 6.54 Å². The summed E-state index contributed by atoms with van der Waals surface area (Å²) in [5.41, 5.74) is 8.45. The lowest BCUT2D eigenvalue weighted by atomic mass is 10.1. The van der Waals surface area contributed by atoms with Crippen LogP contribution in [0.4, 0.5) is 0 Å². The molecule has 2 heteroatoms. The molecule has 0 amide bonds. The maximum atomic E-state index is 5.95. The highest BCUT2D eigenvalue weighted by Crippen LogP contribution is 2.19. The topological polar surface area (TPSA) is 26.0 Å². The molecule has 0 fully saturated rings. The van der Waals surface area contributed by atoms with Gasteiger partial charge in [0.25, 0.3) is 0 Å². The molecule has 0 aliphatic carbocycles. The summed E-state index contributed by atoms with van der Waals surface area (Å²) in [5.74, 6) is 5.83. The first kappa shape index (κ1) is 10.1. The van der Waals surface area contributed by atoms with Crippen molar-refractivity contribution in [3.05, 3.63) is 33.8 Å². The van der Waals surface area contributed by atoms with Crippen LogP contribution in [0.2, 0.25) is 5.02 Å². The smallest absolute Gasteiger partial charge is 0.0555 e. The highest BCUT2D eigenvalue weighted by Gasteiger charge is 1.99. The third-order valence-corrected chi connectivity index (χ3v) is 2.24. The summed E-state index contributed by atoms with van der Waals surface area (Å²) in [6, 6.07) is 3.91. The van der Waals surface area contributed by atoms with Crippen LogP contribution in [0.25, 0.3) is 0 Å². The number of hydrogen-bond donors (Lipinski definition) is 1. The molecule has 2 N–H and O–H groups in total. The zero-order valence-electron chi connectivity index (χ0n) is 7.82. The van der Waals surface area contributed by atoms with Crippen molar-refractivity contribution in [2.24, 2.45) is 5.73 Å². The van der Waals surface area contributed by atoms with Gasteiger partial charge in [0.05, 0.1) is 6.54 Å². The Morgan fingerprint density at radius 1 is 1.31 bits per heavy atom. The highest BCUT2D eigenvalue weighted by molar-refractivity contribution is 6.31. The van der Waals surface area contributed by atoms with E-state index in [2.05, 4.69) is 11.8 Å². The van der Waals surface area contributed by atoms with Crippen LogP contribution in [-0.2, 0) is 0 Å². The Labute approximate surface area is 83.9 Å². The molecule has 0 saturated carbocycles. The molecule has 0 aliphatic rings. The van der Waals surface area contributed by atoms with Gasteiger partial charge in [-0.15, -0.1) is 0 Å². The van der Waals surface area contributed by atoms with Crippen LogP contribution in [0.15, 0.2) is 12.1 Å². The van der Waals surface area contributed by atoms with E-state index in [-0.39, 0.29) is 0 Å². The predicted molar refractivity (Wildman–Crippen MR) is 56.9 cm³/mol. The van der Waals surface area contributed by atoms with E-state index >= 15 is 0 Å². The first-order chi connectivity index (χ1) is 6.15. The molecule has 0 unspecified atom stereocenters. The van der Waals surface area contributed by atoms with Gasteiger partial charge in [0, 0.05) is 10.6 Å².